The number of rotatable bonds is 5. The maximum Gasteiger partial charge on any atom is 0.295 e. The molecule has 2 saturated heterocycles. The van der Waals surface area contributed by atoms with E-state index >= 15 is 0 Å². The van der Waals surface area contributed by atoms with E-state index in [-0.39, 0.29) is 17.4 Å². The quantitative estimate of drug-likeness (QED) is 0.455. The van der Waals surface area contributed by atoms with Crippen molar-refractivity contribution < 1.29 is 19.4 Å². The molecular weight excluding hydrogens is 378 g/mol. The highest BCUT2D eigenvalue weighted by Crippen LogP contribution is 2.40. The van der Waals surface area contributed by atoms with Crippen molar-refractivity contribution in [2.45, 2.75) is 44.8 Å². The molecule has 5 heteroatoms. The third kappa shape index (κ3) is 3.77. The molecule has 2 aromatic carbocycles. The summed E-state index contributed by atoms with van der Waals surface area (Å²) in [5, 5.41) is 11.0. The van der Waals surface area contributed by atoms with Gasteiger partial charge in [0.2, 0.25) is 0 Å². The van der Waals surface area contributed by atoms with Crippen molar-refractivity contribution in [1.82, 2.24) is 4.90 Å². The van der Waals surface area contributed by atoms with Crippen LogP contribution in [0.25, 0.3) is 5.76 Å². The van der Waals surface area contributed by atoms with Gasteiger partial charge >= 0.3 is 0 Å². The molecule has 0 bridgehead atoms. The summed E-state index contributed by atoms with van der Waals surface area (Å²) in [6.07, 6.45) is 1.73. The summed E-state index contributed by atoms with van der Waals surface area (Å²) in [6, 6.07) is 16.2. The topological polar surface area (TPSA) is 66.8 Å². The van der Waals surface area contributed by atoms with Crippen molar-refractivity contribution in [3.63, 3.8) is 0 Å². The first-order valence-corrected chi connectivity index (χ1v) is 10.5. The van der Waals surface area contributed by atoms with Gasteiger partial charge in [-0.1, -0.05) is 68.4 Å². The largest absolute Gasteiger partial charge is 0.507 e. The zero-order valence-electron chi connectivity index (χ0n) is 17.4. The number of benzene rings is 2. The van der Waals surface area contributed by atoms with Crippen LogP contribution in [0.1, 0.15) is 55.3 Å². The fourth-order valence-electron chi connectivity index (χ4n) is 4.24. The van der Waals surface area contributed by atoms with Gasteiger partial charge in [0.15, 0.2) is 0 Å². The van der Waals surface area contributed by atoms with Crippen LogP contribution in [0.4, 0.5) is 0 Å². The third-order valence-electron chi connectivity index (χ3n) is 5.93. The van der Waals surface area contributed by atoms with E-state index in [1.54, 1.807) is 29.2 Å². The van der Waals surface area contributed by atoms with Crippen molar-refractivity contribution >= 4 is 17.4 Å². The fourth-order valence-corrected chi connectivity index (χ4v) is 4.24. The number of carbonyl (C=O) groups is 2. The summed E-state index contributed by atoms with van der Waals surface area (Å²) in [5.41, 5.74) is 2.66. The first-order chi connectivity index (χ1) is 14.5. The second-order valence-electron chi connectivity index (χ2n) is 8.27. The average Bonchev–Trinajstić information content (AvgIpc) is 3.36. The molecule has 5 nitrogen and oxygen atoms in total. The highest BCUT2D eigenvalue weighted by atomic mass is 16.5. The monoisotopic (exact) mass is 405 g/mol. The van der Waals surface area contributed by atoms with Gasteiger partial charge in [-0.3, -0.25) is 9.59 Å². The van der Waals surface area contributed by atoms with Gasteiger partial charge in [0, 0.05) is 18.7 Å². The van der Waals surface area contributed by atoms with Crippen LogP contribution in [0.5, 0.6) is 0 Å². The Hall–Kier alpha value is -2.92. The number of amides is 1. The Morgan fingerprint density at radius 1 is 1.10 bits per heavy atom. The van der Waals surface area contributed by atoms with E-state index in [0.29, 0.717) is 24.6 Å². The lowest BCUT2D eigenvalue weighted by Crippen LogP contribution is -2.36. The minimum Gasteiger partial charge on any atom is -0.507 e. The van der Waals surface area contributed by atoms with Crippen LogP contribution in [0.15, 0.2) is 60.2 Å². The predicted octanol–water partition coefficient (Wildman–Crippen LogP) is 4.41. The molecule has 0 saturated carbocycles. The molecule has 156 valence electrons. The molecule has 2 heterocycles. The van der Waals surface area contributed by atoms with E-state index in [1.807, 2.05) is 30.3 Å². The highest BCUT2D eigenvalue weighted by molar-refractivity contribution is 6.46. The van der Waals surface area contributed by atoms with Gasteiger partial charge in [-0.2, -0.15) is 0 Å². The Labute approximate surface area is 177 Å². The van der Waals surface area contributed by atoms with Gasteiger partial charge in [0.05, 0.1) is 17.7 Å². The van der Waals surface area contributed by atoms with Gasteiger partial charge in [-0.05, 0) is 29.9 Å². The molecule has 2 aliphatic rings. The van der Waals surface area contributed by atoms with Crippen molar-refractivity contribution in [2.75, 3.05) is 13.2 Å². The van der Waals surface area contributed by atoms with Gasteiger partial charge in [-0.15, -0.1) is 0 Å². The van der Waals surface area contributed by atoms with Gasteiger partial charge < -0.3 is 14.7 Å². The van der Waals surface area contributed by atoms with Crippen molar-refractivity contribution in [3.8, 4) is 0 Å². The van der Waals surface area contributed by atoms with E-state index in [2.05, 4.69) is 13.8 Å². The first-order valence-electron chi connectivity index (χ1n) is 10.5. The Morgan fingerprint density at radius 3 is 2.40 bits per heavy atom. The smallest absolute Gasteiger partial charge is 0.295 e. The normalized spacial score (nSPS) is 23.5. The second-order valence-corrected chi connectivity index (χ2v) is 8.27. The molecule has 4 rings (SSSR count). The Morgan fingerprint density at radius 2 is 1.80 bits per heavy atom. The lowest BCUT2D eigenvalue weighted by Gasteiger charge is -2.27. The van der Waals surface area contributed by atoms with E-state index in [4.69, 9.17) is 4.74 Å². The second kappa shape index (κ2) is 8.44. The number of hydrogen-bond acceptors (Lipinski definition) is 4. The maximum atomic E-state index is 13.0. The third-order valence-corrected chi connectivity index (χ3v) is 5.93. The van der Waals surface area contributed by atoms with Crippen molar-refractivity contribution in [2.24, 2.45) is 0 Å². The minimum absolute atomic E-state index is 0.0857. The van der Waals surface area contributed by atoms with E-state index < -0.39 is 17.7 Å². The average molecular weight is 405 g/mol. The summed E-state index contributed by atoms with van der Waals surface area (Å²) >= 11 is 0. The van der Waals surface area contributed by atoms with E-state index in [1.165, 1.54) is 5.56 Å². The van der Waals surface area contributed by atoms with Crippen LogP contribution in [-0.2, 0) is 14.3 Å². The van der Waals surface area contributed by atoms with Crippen LogP contribution in [0, 0.1) is 0 Å². The SMILES string of the molecule is CC(C)c1ccc(C2C(=C(O)c3ccccc3)C(=O)C(=O)N2CC2CCCO2)cc1. The van der Waals surface area contributed by atoms with Crippen LogP contribution in [-0.4, -0.2) is 41.0 Å². The maximum absolute atomic E-state index is 13.0. The van der Waals surface area contributed by atoms with Crippen molar-refractivity contribution in [3.05, 3.63) is 76.9 Å². The molecular formula is C25H27NO4. The number of aliphatic hydroxyl groups excluding tert-OH is 1. The van der Waals surface area contributed by atoms with Crippen LogP contribution in [0.2, 0.25) is 0 Å². The van der Waals surface area contributed by atoms with Gasteiger partial charge in [0.25, 0.3) is 11.7 Å². The number of carbonyl (C=O) groups excluding carboxylic acids is 2. The summed E-state index contributed by atoms with van der Waals surface area (Å²) < 4.78 is 5.73. The van der Waals surface area contributed by atoms with Crippen LogP contribution < -0.4 is 0 Å². The van der Waals surface area contributed by atoms with E-state index in [9.17, 15) is 14.7 Å². The first kappa shape index (κ1) is 20.4. The Balaban J connectivity index is 1.80. The van der Waals surface area contributed by atoms with Crippen molar-refractivity contribution in [1.29, 1.82) is 0 Å². The number of hydrogen-bond donors (Lipinski definition) is 1. The molecule has 30 heavy (non-hydrogen) atoms. The van der Waals surface area contributed by atoms with Gasteiger partial charge in [-0.25, -0.2) is 0 Å². The van der Waals surface area contributed by atoms with Gasteiger partial charge in [0.1, 0.15) is 5.76 Å². The lowest BCUT2D eigenvalue weighted by molar-refractivity contribution is -0.140. The molecule has 1 N–H and O–H groups in total. The minimum atomic E-state index is -0.646. The molecule has 0 radical (unpaired) electrons. The van der Waals surface area contributed by atoms with Crippen LogP contribution in [0.3, 0.4) is 0 Å². The predicted molar refractivity (Wildman–Crippen MR) is 115 cm³/mol. The summed E-state index contributed by atoms with van der Waals surface area (Å²) in [5.74, 6) is -0.989. The van der Waals surface area contributed by atoms with E-state index in [0.717, 1.165) is 18.4 Å². The molecule has 2 atom stereocenters. The molecule has 1 amide bonds. The molecule has 0 aromatic heterocycles. The zero-order chi connectivity index (χ0) is 21.3. The lowest BCUT2D eigenvalue weighted by atomic mass is 9.93. The fraction of sp³-hybridized carbons (Fsp3) is 0.360. The molecule has 2 aromatic rings. The van der Waals surface area contributed by atoms with Crippen LogP contribution >= 0.6 is 0 Å². The number of ketones is 1. The number of ether oxygens (including phenoxy) is 1. The Kier molecular flexibility index (Phi) is 5.73. The number of aliphatic hydroxyl groups is 1. The highest BCUT2D eigenvalue weighted by Gasteiger charge is 2.47. The molecule has 2 unspecified atom stereocenters. The summed E-state index contributed by atoms with van der Waals surface area (Å²) in [4.78, 5) is 27.6. The molecule has 2 fully saturated rings. The molecule has 2 aliphatic heterocycles. The number of Topliss-reactive ketones (excluding diaryl/α,β-unsaturated/α-hetero) is 1. The molecule has 0 spiro atoms. The summed E-state index contributed by atoms with van der Waals surface area (Å²) in [7, 11) is 0. The number of likely N-dealkylation sites (tertiary alicyclic amines) is 1. The zero-order valence-corrected chi connectivity index (χ0v) is 17.4. The standard InChI is InChI=1S/C25H27NO4/c1-16(2)17-10-12-18(13-11-17)22-21(23(27)19-7-4-3-5-8-19)24(28)25(29)26(22)15-20-9-6-14-30-20/h3-5,7-8,10-13,16,20,22,27H,6,9,14-15H2,1-2H3. The summed E-state index contributed by atoms with van der Waals surface area (Å²) in [6.45, 7) is 5.25. The molecule has 0 aliphatic carbocycles. The number of nitrogens with zero attached hydrogens (tertiary/aromatic N) is 1. The Bertz CT molecular complexity index is 956.